The summed E-state index contributed by atoms with van der Waals surface area (Å²) in [5.74, 6) is -0.943. The minimum absolute atomic E-state index is 0.148. The lowest BCUT2D eigenvalue weighted by Gasteiger charge is -2.22. The van der Waals surface area contributed by atoms with Crippen molar-refractivity contribution in [2.24, 2.45) is 0 Å². The van der Waals surface area contributed by atoms with Crippen LogP contribution in [0.5, 0.6) is 11.5 Å². The highest BCUT2D eigenvalue weighted by molar-refractivity contribution is 7.22. The van der Waals surface area contributed by atoms with Gasteiger partial charge in [0.2, 0.25) is 0 Å². The number of rotatable bonds is 7. The molecule has 11 heteroatoms. The molecule has 1 aliphatic rings. The Labute approximate surface area is 220 Å². The third kappa shape index (κ3) is 4.33. The number of aliphatic hydroxyl groups excluding tert-OH is 1. The third-order valence-corrected chi connectivity index (χ3v) is 7.11. The second-order valence-corrected chi connectivity index (χ2v) is 9.31. The van der Waals surface area contributed by atoms with Crippen molar-refractivity contribution >= 4 is 49.8 Å². The summed E-state index contributed by atoms with van der Waals surface area (Å²) >= 11 is 1.19. The summed E-state index contributed by atoms with van der Waals surface area (Å²) in [6, 6.07) is 16.2. The van der Waals surface area contributed by atoms with Gasteiger partial charge < -0.3 is 14.6 Å². The van der Waals surface area contributed by atoms with Gasteiger partial charge in [-0.3, -0.25) is 24.6 Å². The van der Waals surface area contributed by atoms with Gasteiger partial charge in [-0.2, -0.15) is 0 Å². The number of ketones is 1. The first-order chi connectivity index (χ1) is 18.3. The molecule has 0 radical (unpaired) electrons. The Bertz CT molecular complexity index is 1590. The molecule has 3 aromatic carbocycles. The number of nitro groups is 1. The van der Waals surface area contributed by atoms with Crippen molar-refractivity contribution in [1.82, 2.24) is 4.98 Å². The van der Waals surface area contributed by atoms with Crippen LogP contribution in [0.4, 0.5) is 10.8 Å². The molecule has 1 atom stereocenters. The van der Waals surface area contributed by atoms with E-state index >= 15 is 0 Å². The monoisotopic (exact) mass is 531 g/mol. The van der Waals surface area contributed by atoms with Crippen LogP contribution in [-0.2, 0) is 9.59 Å². The zero-order chi connectivity index (χ0) is 27.0. The molecule has 4 aromatic rings. The van der Waals surface area contributed by atoms with Gasteiger partial charge in [-0.25, -0.2) is 4.98 Å². The van der Waals surface area contributed by atoms with Crippen LogP contribution in [0.15, 0.2) is 72.3 Å². The van der Waals surface area contributed by atoms with E-state index in [4.69, 9.17) is 9.47 Å². The number of methoxy groups -OCH3 is 1. The summed E-state index contributed by atoms with van der Waals surface area (Å²) in [5.41, 5.74) is 1.02. The zero-order valence-electron chi connectivity index (χ0n) is 20.3. The van der Waals surface area contributed by atoms with Crippen LogP contribution < -0.4 is 14.4 Å². The number of benzene rings is 3. The van der Waals surface area contributed by atoms with E-state index < -0.39 is 22.7 Å². The van der Waals surface area contributed by atoms with E-state index in [0.29, 0.717) is 34.7 Å². The highest BCUT2D eigenvalue weighted by atomic mass is 32.1. The number of anilines is 1. The van der Waals surface area contributed by atoms with E-state index in [1.807, 2.05) is 6.92 Å². The van der Waals surface area contributed by atoms with Crippen LogP contribution in [0.3, 0.4) is 0 Å². The van der Waals surface area contributed by atoms with Gasteiger partial charge in [-0.05, 0) is 67.1 Å². The van der Waals surface area contributed by atoms with Gasteiger partial charge in [-0.1, -0.05) is 11.3 Å². The Morgan fingerprint density at radius 3 is 2.39 bits per heavy atom. The summed E-state index contributed by atoms with van der Waals surface area (Å²) in [6.07, 6.45) is 0. The number of carbonyl (C=O) groups excluding carboxylic acids is 2. The maximum Gasteiger partial charge on any atom is 0.301 e. The molecule has 1 fully saturated rings. The predicted molar refractivity (Wildman–Crippen MR) is 142 cm³/mol. The smallest absolute Gasteiger partial charge is 0.301 e. The van der Waals surface area contributed by atoms with Crippen LogP contribution >= 0.6 is 11.3 Å². The van der Waals surface area contributed by atoms with Crippen molar-refractivity contribution in [3.63, 3.8) is 0 Å². The molecule has 2 heterocycles. The molecular weight excluding hydrogens is 510 g/mol. The largest absolute Gasteiger partial charge is 0.507 e. The van der Waals surface area contributed by atoms with Gasteiger partial charge in [0.25, 0.3) is 11.5 Å². The van der Waals surface area contributed by atoms with Gasteiger partial charge in [0.1, 0.15) is 17.3 Å². The highest BCUT2D eigenvalue weighted by Gasteiger charge is 2.48. The second-order valence-electron chi connectivity index (χ2n) is 8.31. The van der Waals surface area contributed by atoms with E-state index in [1.54, 1.807) is 42.5 Å². The fraction of sp³-hybridized carbons (Fsp3) is 0.148. The summed E-state index contributed by atoms with van der Waals surface area (Å²) in [5, 5.41) is 22.7. The average molecular weight is 532 g/mol. The van der Waals surface area contributed by atoms with Crippen molar-refractivity contribution in [3.8, 4) is 11.5 Å². The number of thiazole rings is 1. The molecule has 1 N–H and O–H groups in total. The standard InChI is InChI=1S/C27H21N3O7S/c1-3-37-18-10-6-16(7-11-18)24(31)22-23(15-4-8-17(9-5-15)30(34)35)29(26(33)25(22)32)27-28-20-13-12-19(36-2)14-21(20)38-27/h4-14,23,31H,3H2,1-2H3. The number of hydrogen-bond donors (Lipinski definition) is 1. The van der Waals surface area contributed by atoms with Crippen molar-refractivity contribution < 1.29 is 29.1 Å². The van der Waals surface area contributed by atoms with E-state index in [0.717, 1.165) is 4.70 Å². The number of amides is 1. The Morgan fingerprint density at radius 2 is 1.76 bits per heavy atom. The molecular formula is C27H21N3O7S. The molecule has 5 rings (SSSR count). The number of nitro benzene ring substituents is 1. The van der Waals surface area contributed by atoms with Gasteiger partial charge in [0.15, 0.2) is 5.13 Å². The lowest BCUT2D eigenvalue weighted by atomic mass is 9.95. The molecule has 192 valence electrons. The predicted octanol–water partition coefficient (Wildman–Crippen LogP) is 5.24. The molecule has 0 bridgehead atoms. The van der Waals surface area contributed by atoms with E-state index in [1.165, 1.54) is 47.6 Å². The average Bonchev–Trinajstić information content (AvgIpc) is 3.46. The van der Waals surface area contributed by atoms with Crippen LogP contribution in [0, 0.1) is 10.1 Å². The number of carbonyl (C=O) groups is 2. The minimum Gasteiger partial charge on any atom is -0.507 e. The maximum absolute atomic E-state index is 13.4. The fourth-order valence-corrected chi connectivity index (χ4v) is 5.30. The quantitative estimate of drug-likeness (QED) is 0.113. The van der Waals surface area contributed by atoms with Crippen molar-refractivity contribution in [3.05, 3.63) is 93.5 Å². The number of aromatic nitrogens is 1. The van der Waals surface area contributed by atoms with Gasteiger partial charge in [-0.15, -0.1) is 0 Å². The Morgan fingerprint density at radius 1 is 1.08 bits per heavy atom. The topological polar surface area (TPSA) is 132 Å². The van der Waals surface area contributed by atoms with Crippen LogP contribution in [0.2, 0.25) is 0 Å². The normalized spacial score (nSPS) is 16.7. The summed E-state index contributed by atoms with van der Waals surface area (Å²) in [7, 11) is 1.54. The first kappa shape index (κ1) is 24.9. The number of ether oxygens (including phenoxy) is 2. The lowest BCUT2D eigenvalue weighted by molar-refractivity contribution is -0.384. The van der Waals surface area contributed by atoms with E-state index in [-0.39, 0.29) is 22.2 Å². The van der Waals surface area contributed by atoms with Crippen molar-refractivity contribution in [2.45, 2.75) is 13.0 Å². The van der Waals surface area contributed by atoms with Crippen molar-refractivity contribution in [2.75, 3.05) is 18.6 Å². The lowest BCUT2D eigenvalue weighted by Crippen LogP contribution is -2.29. The Balaban J connectivity index is 1.67. The van der Waals surface area contributed by atoms with Crippen molar-refractivity contribution in [1.29, 1.82) is 0 Å². The van der Waals surface area contributed by atoms with E-state index in [2.05, 4.69) is 4.98 Å². The number of aliphatic hydroxyl groups is 1. The minimum atomic E-state index is -1.06. The fourth-order valence-electron chi connectivity index (χ4n) is 4.28. The molecule has 0 aliphatic carbocycles. The van der Waals surface area contributed by atoms with Gasteiger partial charge in [0, 0.05) is 17.7 Å². The first-order valence-electron chi connectivity index (χ1n) is 11.6. The Hall–Kier alpha value is -4.77. The highest BCUT2D eigenvalue weighted by Crippen LogP contribution is 2.45. The van der Waals surface area contributed by atoms with Gasteiger partial charge >= 0.3 is 5.91 Å². The molecule has 1 saturated heterocycles. The first-order valence-corrected chi connectivity index (χ1v) is 12.4. The molecule has 1 amide bonds. The summed E-state index contributed by atoms with van der Waals surface area (Å²) in [6.45, 7) is 2.31. The number of nitrogens with zero attached hydrogens (tertiary/aromatic N) is 3. The van der Waals surface area contributed by atoms with Crippen LogP contribution in [0.25, 0.3) is 16.0 Å². The van der Waals surface area contributed by atoms with Gasteiger partial charge in [0.05, 0.1) is 40.5 Å². The molecule has 1 unspecified atom stereocenters. The molecule has 0 spiro atoms. The third-order valence-electron chi connectivity index (χ3n) is 6.09. The number of hydrogen-bond acceptors (Lipinski definition) is 9. The summed E-state index contributed by atoms with van der Waals surface area (Å²) < 4.78 is 11.5. The second kappa shape index (κ2) is 9.94. The molecule has 1 aliphatic heterocycles. The SMILES string of the molecule is CCOc1ccc(C(O)=C2C(=O)C(=O)N(c3nc4ccc(OC)cc4s3)C2c2ccc([N+](=O)[O-])cc2)cc1. The number of fused-ring (bicyclic) bond motifs is 1. The van der Waals surface area contributed by atoms with Crippen LogP contribution in [0.1, 0.15) is 24.1 Å². The molecule has 10 nitrogen and oxygen atoms in total. The molecule has 38 heavy (non-hydrogen) atoms. The Kier molecular flexibility index (Phi) is 6.52. The maximum atomic E-state index is 13.4. The number of non-ortho nitro benzene ring substituents is 1. The van der Waals surface area contributed by atoms with E-state index in [9.17, 15) is 24.8 Å². The molecule has 1 aromatic heterocycles. The van der Waals surface area contributed by atoms with Crippen LogP contribution in [-0.4, -0.2) is 40.4 Å². The summed E-state index contributed by atoms with van der Waals surface area (Å²) in [4.78, 5) is 43.2. The number of Topliss-reactive ketones (excluding diaryl/α,β-unsaturated/α-hetero) is 1. The molecule has 0 saturated carbocycles. The zero-order valence-corrected chi connectivity index (χ0v) is 21.1.